The molecule has 28 heavy (non-hydrogen) atoms. The fourth-order valence-corrected chi connectivity index (χ4v) is 4.68. The van der Waals surface area contributed by atoms with Crippen molar-refractivity contribution < 1.29 is 4.42 Å². The van der Waals surface area contributed by atoms with Gasteiger partial charge in [0.2, 0.25) is 0 Å². The van der Waals surface area contributed by atoms with E-state index in [-0.39, 0.29) is 12.3 Å². The van der Waals surface area contributed by atoms with E-state index < -0.39 is 0 Å². The van der Waals surface area contributed by atoms with Gasteiger partial charge in [-0.2, -0.15) is 0 Å². The zero-order valence-electron chi connectivity index (χ0n) is 16.2. The lowest BCUT2D eigenvalue weighted by molar-refractivity contribution is 0.399. The van der Waals surface area contributed by atoms with E-state index in [1.165, 1.54) is 11.3 Å². The van der Waals surface area contributed by atoms with E-state index >= 15 is 0 Å². The molecule has 0 fully saturated rings. The van der Waals surface area contributed by atoms with Gasteiger partial charge < -0.3 is 24.0 Å². The molecule has 4 heterocycles. The maximum atomic E-state index is 6.39. The van der Waals surface area contributed by atoms with Gasteiger partial charge in [-0.25, -0.2) is 0 Å². The molecule has 0 saturated carbocycles. The maximum Gasteiger partial charge on any atom is 0.159 e. The number of fused-ring (bicyclic) bond motifs is 10. The lowest BCUT2D eigenvalue weighted by Crippen LogP contribution is -2.36. The van der Waals surface area contributed by atoms with Crippen molar-refractivity contribution >= 4 is 33.3 Å². The predicted octanol–water partition coefficient (Wildman–Crippen LogP) is 4.56. The summed E-state index contributed by atoms with van der Waals surface area (Å²) in [5.74, 6) is 0. The van der Waals surface area contributed by atoms with Crippen molar-refractivity contribution in [3.8, 4) is 0 Å². The fraction of sp³-hybridized carbons (Fsp3) is 0.217. The molecule has 6 rings (SSSR count). The molecule has 0 saturated heterocycles. The first kappa shape index (κ1) is 15.7. The Bertz CT molecular complexity index is 1200. The van der Waals surface area contributed by atoms with Crippen molar-refractivity contribution in [2.45, 2.75) is 19.3 Å². The minimum Gasteiger partial charge on any atom is -0.454 e. The number of rotatable bonds is 0. The van der Waals surface area contributed by atoms with Gasteiger partial charge in [0, 0.05) is 60.9 Å². The summed E-state index contributed by atoms with van der Waals surface area (Å²) in [7, 11) is 4.24. The lowest BCUT2D eigenvalue weighted by Gasteiger charge is -2.30. The van der Waals surface area contributed by atoms with Crippen LogP contribution in [0.2, 0.25) is 0 Å². The summed E-state index contributed by atoms with van der Waals surface area (Å²) < 4.78 is 6.39. The summed E-state index contributed by atoms with van der Waals surface area (Å²) in [6.07, 6.45) is 13.5. The SMILES string of the molecule is Cc1c2cc3c(oc4ccccc43)c1N1C=CN(C)C1/C=C\C1N(C)C=CN21. The molecule has 1 aromatic heterocycles. The van der Waals surface area contributed by atoms with Crippen molar-refractivity contribution in [3.63, 3.8) is 0 Å². The van der Waals surface area contributed by atoms with E-state index in [1.54, 1.807) is 0 Å². The second-order valence-corrected chi connectivity index (χ2v) is 7.80. The summed E-state index contributed by atoms with van der Waals surface area (Å²) >= 11 is 0. The number of para-hydroxylation sites is 1. The van der Waals surface area contributed by atoms with Crippen molar-refractivity contribution in [2.24, 2.45) is 0 Å². The predicted molar refractivity (Wildman–Crippen MR) is 114 cm³/mol. The first-order valence-electron chi connectivity index (χ1n) is 9.64. The Labute approximate surface area is 164 Å². The summed E-state index contributed by atoms with van der Waals surface area (Å²) in [4.78, 5) is 9.15. The van der Waals surface area contributed by atoms with Crippen molar-refractivity contribution in [1.82, 2.24) is 9.80 Å². The lowest BCUT2D eigenvalue weighted by atomic mass is 10.0. The molecule has 2 atom stereocenters. The summed E-state index contributed by atoms with van der Waals surface area (Å²) in [5.41, 5.74) is 5.47. The van der Waals surface area contributed by atoms with Crippen LogP contribution in [-0.2, 0) is 0 Å². The molecular weight excluding hydrogens is 348 g/mol. The van der Waals surface area contributed by atoms with Crippen LogP contribution < -0.4 is 9.80 Å². The molecule has 2 aromatic carbocycles. The van der Waals surface area contributed by atoms with Crippen LogP contribution in [0.4, 0.5) is 11.4 Å². The van der Waals surface area contributed by atoms with Gasteiger partial charge in [0.15, 0.2) is 5.58 Å². The van der Waals surface area contributed by atoms with Gasteiger partial charge in [0.05, 0.1) is 5.69 Å². The first-order chi connectivity index (χ1) is 13.6. The van der Waals surface area contributed by atoms with Gasteiger partial charge in [-0.15, -0.1) is 0 Å². The van der Waals surface area contributed by atoms with E-state index in [4.69, 9.17) is 4.42 Å². The number of hydrogen-bond donors (Lipinski definition) is 0. The molecule has 0 amide bonds. The number of furan rings is 1. The third kappa shape index (κ3) is 1.91. The largest absolute Gasteiger partial charge is 0.454 e. The van der Waals surface area contributed by atoms with E-state index in [0.717, 1.165) is 27.6 Å². The molecule has 2 unspecified atom stereocenters. The zero-order chi connectivity index (χ0) is 19.0. The minimum absolute atomic E-state index is 0.124. The molecule has 0 aliphatic carbocycles. The molecular formula is C23H22N4O. The van der Waals surface area contributed by atoms with Crippen LogP contribution in [0.5, 0.6) is 0 Å². The van der Waals surface area contributed by atoms with Crippen LogP contribution in [0.25, 0.3) is 21.9 Å². The highest BCUT2D eigenvalue weighted by molar-refractivity contribution is 6.11. The quantitative estimate of drug-likeness (QED) is 0.541. The third-order valence-corrected chi connectivity index (χ3v) is 6.19. The number of anilines is 2. The van der Waals surface area contributed by atoms with Crippen LogP contribution in [0.3, 0.4) is 0 Å². The number of nitrogens with zero attached hydrogens (tertiary/aromatic N) is 4. The van der Waals surface area contributed by atoms with Gasteiger partial charge in [0.25, 0.3) is 0 Å². The Balaban J connectivity index is 1.74. The molecule has 3 aliphatic heterocycles. The van der Waals surface area contributed by atoms with Gasteiger partial charge in [-0.05, 0) is 31.2 Å². The standard InChI is InChI=1S/C23H22N4O/c1-15-18-14-17-16-6-4-5-7-19(16)28-23(17)22(15)27-13-11-25(3)21(27)9-8-20-24(2)10-12-26(18)20/h4-14,20-21H,1-3H3/b9-8-. The molecule has 5 heteroatoms. The zero-order valence-corrected chi connectivity index (χ0v) is 16.2. The Kier molecular flexibility index (Phi) is 3.00. The van der Waals surface area contributed by atoms with Crippen molar-refractivity contribution in [3.05, 3.63) is 72.8 Å². The number of likely N-dealkylation sites (N-methyl/N-ethyl adjacent to an activating group) is 2. The molecule has 2 bridgehead atoms. The highest BCUT2D eigenvalue weighted by Crippen LogP contribution is 2.45. The average molecular weight is 370 g/mol. The van der Waals surface area contributed by atoms with Crippen LogP contribution in [0, 0.1) is 6.92 Å². The average Bonchev–Trinajstić information content (AvgIpc) is 3.35. The molecule has 5 nitrogen and oxygen atoms in total. The second kappa shape index (κ2) is 5.35. The minimum atomic E-state index is 0.124. The van der Waals surface area contributed by atoms with Crippen LogP contribution >= 0.6 is 0 Å². The maximum absolute atomic E-state index is 6.39. The molecule has 0 N–H and O–H groups in total. The van der Waals surface area contributed by atoms with Gasteiger partial charge in [-0.3, -0.25) is 0 Å². The highest BCUT2D eigenvalue weighted by Gasteiger charge is 2.33. The van der Waals surface area contributed by atoms with E-state index in [2.05, 4.69) is 102 Å². The fourth-order valence-electron chi connectivity index (χ4n) is 4.68. The Morgan fingerprint density at radius 3 is 2.29 bits per heavy atom. The molecule has 0 radical (unpaired) electrons. The van der Waals surface area contributed by atoms with Crippen molar-refractivity contribution in [2.75, 3.05) is 23.9 Å². The molecule has 3 aromatic rings. The number of benzene rings is 2. The Hall–Kier alpha value is -3.34. The van der Waals surface area contributed by atoms with Gasteiger partial charge >= 0.3 is 0 Å². The molecule has 0 spiro atoms. The van der Waals surface area contributed by atoms with Crippen LogP contribution in [0.1, 0.15) is 5.56 Å². The Morgan fingerprint density at radius 2 is 1.50 bits per heavy atom. The summed E-state index contributed by atoms with van der Waals surface area (Å²) in [5, 5.41) is 2.32. The molecule has 140 valence electrons. The van der Waals surface area contributed by atoms with E-state index in [1.807, 2.05) is 6.07 Å². The van der Waals surface area contributed by atoms with Crippen molar-refractivity contribution in [1.29, 1.82) is 0 Å². The van der Waals surface area contributed by atoms with E-state index in [9.17, 15) is 0 Å². The normalized spacial score (nSPS) is 24.0. The Morgan fingerprint density at radius 1 is 0.821 bits per heavy atom. The van der Waals surface area contributed by atoms with E-state index in [0.29, 0.717) is 0 Å². The summed E-state index contributed by atoms with van der Waals surface area (Å²) in [6, 6.07) is 10.6. The van der Waals surface area contributed by atoms with Crippen LogP contribution in [0.15, 0.2) is 71.7 Å². The van der Waals surface area contributed by atoms with Gasteiger partial charge in [0.1, 0.15) is 17.9 Å². The number of hydrogen-bond acceptors (Lipinski definition) is 5. The monoisotopic (exact) mass is 370 g/mol. The topological polar surface area (TPSA) is 26.1 Å². The first-order valence-corrected chi connectivity index (χ1v) is 9.64. The smallest absolute Gasteiger partial charge is 0.159 e. The summed E-state index contributed by atoms with van der Waals surface area (Å²) in [6.45, 7) is 2.20. The van der Waals surface area contributed by atoms with Gasteiger partial charge in [-0.1, -0.05) is 18.2 Å². The molecule has 3 aliphatic rings. The third-order valence-electron chi connectivity index (χ3n) is 6.19. The second-order valence-electron chi connectivity index (χ2n) is 7.80. The highest BCUT2D eigenvalue weighted by atomic mass is 16.3. The van der Waals surface area contributed by atoms with Crippen LogP contribution in [-0.4, -0.2) is 36.2 Å².